The molecule has 0 aliphatic carbocycles. The van der Waals surface area contributed by atoms with Gasteiger partial charge in [0.1, 0.15) is 17.1 Å². The van der Waals surface area contributed by atoms with E-state index in [0.29, 0.717) is 23.5 Å². The zero-order valence-electron chi connectivity index (χ0n) is 18.4. The molecule has 32 heavy (non-hydrogen) atoms. The summed E-state index contributed by atoms with van der Waals surface area (Å²) in [6.07, 6.45) is 0. The van der Waals surface area contributed by atoms with Crippen LogP contribution >= 0.6 is 0 Å². The van der Waals surface area contributed by atoms with Crippen LogP contribution in [0.4, 0.5) is 0 Å². The molecule has 0 spiro atoms. The number of hydrogen-bond acceptors (Lipinski definition) is 3. The average Bonchev–Trinajstić information content (AvgIpc) is 3.32. The van der Waals surface area contributed by atoms with Crippen molar-refractivity contribution in [3.63, 3.8) is 0 Å². The number of hydrogen-bond donors (Lipinski definition) is 2. The maximum absolute atomic E-state index is 13.5. The van der Waals surface area contributed by atoms with Gasteiger partial charge in [-0.25, -0.2) is 0 Å². The van der Waals surface area contributed by atoms with Crippen molar-refractivity contribution in [2.45, 2.75) is 33.4 Å². The number of amides is 1. The summed E-state index contributed by atoms with van der Waals surface area (Å²) in [5, 5.41) is 18.3. The lowest BCUT2D eigenvalue weighted by Gasteiger charge is -2.26. The molecule has 160 valence electrons. The second-order valence-electron chi connectivity index (χ2n) is 8.57. The highest BCUT2D eigenvalue weighted by Crippen LogP contribution is 2.45. The molecular formula is C27H25N3O2. The molecule has 1 aliphatic rings. The number of aromatic nitrogens is 2. The van der Waals surface area contributed by atoms with Gasteiger partial charge in [0.25, 0.3) is 5.91 Å². The molecule has 2 N–H and O–H groups in total. The fourth-order valence-corrected chi connectivity index (χ4v) is 4.58. The number of phenols is 1. The molecule has 0 radical (unpaired) electrons. The lowest BCUT2D eigenvalue weighted by Crippen LogP contribution is -2.29. The Kier molecular flexibility index (Phi) is 4.82. The van der Waals surface area contributed by atoms with Gasteiger partial charge in [0.2, 0.25) is 0 Å². The molecule has 1 amide bonds. The quantitative estimate of drug-likeness (QED) is 0.458. The summed E-state index contributed by atoms with van der Waals surface area (Å²) in [5.74, 6) is 0.109. The molecule has 0 saturated heterocycles. The average molecular weight is 424 g/mol. The number of nitrogens with one attached hydrogen (secondary N) is 1. The monoisotopic (exact) mass is 423 g/mol. The molecule has 1 aromatic heterocycles. The Morgan fingerprint density at radius 2 is 1.69 bits per heavy atom. The first kappa shape index (κ1) is 20.1. The highest BCUT2D eigenvalue weighted by molar-refractivity contribution is 6.00. The molecule has 0 fully saturated rings. The van der Waals surface area contributed by atoms with E-state index in [1.807, 2.05) is 61.2 Å². The SMILES string of the molecule is Cc1ccc(CN2C(=O)c3[nH]nc(-c4cc(C)cc(C)c4O)c3C2c2ccccc2)cc1. The Labute approximate surface area is 187 Å². The zero-order chi connectivity index (χ0) is 22.4. The van der Waals surface area contributed by atoms with Crippen molar-refractivity contribution in [2.24, 2.45) is 0 Å². The molecule has 0 bridgehead atoms. The van der Waals surface area contributed by atoms with Crippen LogP contribution in [0.3, 0.4) is 0 Å². The van der Waals surface area contributed by atoms with Crippen LogP contribution < -0.4 is 0 Å². The summed E-state index contributed by atoms with van der Waals surface area (Å²) >= 11 is 0. The van der Waals surface area contributed by atoms with Gasteiger partial charge in [0.05, 0.1) is 6.04 Å². The number of aryl methyl sites for hydroxylation is 3. The first-order valence-corrected chi connectivity index (χ1v) is 10.7. The minimum Gasteiger partial charge on any atom is -0.507 e. The van der Waals surface area contributed by atoms with Crippen LogP contribution in [-0.2, 0) is 6.54 Å². The fourth-order valence-electron chi connectivity index (χ4n) is 4.58. The predicted octanol–water partition coefficient (Wildman–Crippen LogP) is 5.45. The molecule has 5 heteroatoms. The summed E-state index contributed by atoms with van der Waals surface area (Å²) in [4.78, 5) is 15.4. The molecular weight excluding hydrogens is 398 g/mol. The summed E-state index contributed by atoms with van der Waals surface area (Å²) in [7, 11) is 0. The third kappa shape index (κ3) is 3.26. The fraction of sp³-hybridized carbons (Fsp3) is 0.185. The van der Waals surface area contributed by atoms with Crippen LogP contribution in [0, 0.1) is 20.8 Å². The molecule has 1 atom stereocenters. The van der Waals surface area contributed by atoms with Gasteiger partial charge in [0.15, 0.2) is 0 Å². The summed E-state index contributed by atoms with van der Waals surface area (Å²) in [6.45, 7) is 6.41. The van der Waals surface area contributed by atoms with E-state index < -0.39 is 0 Å². The Morgan fingerprint density at radius 3 is 2.41 bits per heavy atom. The number of nitrogens with zero attached hydrogens (tertiary/aromatic N) is 2. The van der Waals surface area contributed by atoms with E-state index in [0.717, 1.165) is 27.8 Å². The highest BCUT2D eigenvalue weighted by Gasteiger charge is 2.42. The number of rotatable bonds is 4. The van der Waals surface area contributed by atoms with E-state index in [1.165, 1.54) is 5.56 Å². The number of carbonyl (C=O) groups excluding carboxylic acids is 1. The molecule has 0 saturated carbocycles. The van der Waals surface area contributed by atoms with Crippen LogP contribution in [-0.4, -0.2) is 26.1 Å². The van der Waals surface area contributed by atoms with Crippen LogP contribution in [0.15, 0.2) is 66.7 Å². The van der Waals surface area contributed by atoms with Gasteiger partial charge in [0, 0.05) is 17.7 Å². The van der Waals surface area contributed by atoms with Gasteiger partial charge < -0.3 is 10.0 Å². The summed E-state index contributed by atoms with van der Waals surface area (Å²) < 4.78 is 0. The maximum atomic E-state index is 13.5. The highest BCUT2D eigenvalue weighted by atomic mass is 16.3. The van der Waals surface area contributed by atoms with Crippen LogP contribution in [0.2, 0.25) is 0 Å². The van der Waals surface area contributed by atoms with Crippen molar-refractivity contribution < 1.29 is 9.90 Å². The molecule has 1 aliphatic heterocycles. The number of fused-ring (bicyclic) bond motifs is 1. The van der Waals surface area contributed by atoms with Gasteiger partial charge in [-0.1, -0.05) is 66.2 Å². The van der Waals surface area contributed by atoms with Gasteiger partial charge in [-0.3, -0.25) is 9.89 Å². The van der Waals surface area contributed by atoms with Crippen molar-refractivity contribution in [3.05, 3.63) is 106 Å². The van der Waals surface area contributed by atoms with Crippen molar-refractivity contribution >= 4 is 5.91 Å². The molecule has 1 unspecified atom stereocenters. The number of aromatic hydroxyl groups is 1. The van der Waals surface area contributed by atoms with Crippen molar-refractivity contribution in [1.82, 2.24) is 15.1 Å². The minimum absolute atomic E-state index is 0.0861. The third-order valence-corrected chi connectivity index (χ3v) is 6.15. The Bertz CT molecular complexity index is 1310. The van der Waals surface area contributed by atoms with Crippen LogP contribution in [0.1, 0.15) is 49.9 Å². The second-order valence-corrected chi connectivity index (χ2v) is 8.57. The number of aromatic amines is 1. The first-order valence-electron chi connectivity index (χ1n) is 10.7. The van der Waals surface area contributed by atoms with E-state index in [1.54, 1.807) is 0 Å². The van der Waals surface area contributed by atoms with Gasteiger partial charge in [-0.2, -0.15) is 5.10 Å². The predicted molar refractivity (Wildman–Crippen MR) is 124 cm³/mol. The van der Waals surface area contributed by atoms with Crippen LogP contribution in [0.5, 0.6) is 5.75 Å². The number of phenolic OH excluding ortho intramolecular Hbond substituents is 1. The molecule has 5 rings (SSSR count). The van der Waals surface area contributed by atoms with Crippen LogP contribution in [0.25, 0.3) is 11.3 Å². The number of carbonyl (C=O) groups is 1. The van der Waals surface area contributed by atoms with E-state index in [-0.39, 0.29) is 17.7 Å². The topological polar surface area (TPSA) is 69.2 Å². The van der Waals surface area contributed by atoms with Gasteiger partial charge >= 0.3 is 0 Å². The normalized spacial score (nSPS) is 15.3. The zero-order valence-corrected chi connectivity index (χ0v) is 18.4. The van der Waals surface area contributed by atoms with Gasteiger partial charge in [-0.05, 0) is 49.1 Å². The number of H-pyrrole nitrogens is 1. The second kappa shape index (κ2) is 7.68. The standard InChI is InChI=1S/C27H25N3O2/c1-16-9-11-19(12-10-16)15-30-25(20-7-5-4-6-8-20)22-23(28-29-24(22)27(30)32)21-14-17(2)13-18(3)26(21)31/h4-14,25,31H,15H2,1-3H3,(H,28,29). The Morgan fingerprint density at radius 1 is 0.969 bits per heavy atom. The first-order chi connectivity index (χ1) is 15.4. The Hall–Kier alpha value is -3.86. The van der Waals surface area contributed by atoms with Crippen molar-refractivity contribution in [3.8, 4) is 17.0 Å². The van der Waals surface area contributed by atoms with Gasteiger partial charge in [-0.15, -0.1) is 0 Å². The molecule has 4 aromatic rings. The summed E-state index contributed by atoms with van der Waals surface area (Å²) in [5.41, 5.74) is 7.65. The Balaban J connectivity index is 1.67. The van der Waals surface area contributed by atoms with E-state index >= 15 is 0 Å². The van der Waals surface area contributed by atoms with E-state index in [9.17, 15) is 9.90 Å². The van der Waals surface area contributed by atoms with Crippen molar-refractivity contribution in [2.75, 3.05) is 0 Å². The largest absolute Gasteiger partial charge is 0.507 e. The number of benzene rings is 3. The van der Waals surface area contributed by atoms with Crippen molar-refractivity contribution in [1.29, 1.82) is 0 Å². The minimum atomic E-state index is -0.297. The van der Waals surface area contributed by atoms with E-state index in [2.05, 4.69) is 41.4 Å². The van der Waals surface area contributed by atoms with E-state index in [4.69, 9.17) is 0 Å². The molecule has 2 heterocycles. The third-order valence-electron chi connectivity index (χ3n) is 6.15. The molecule has 5 nitrogen and oxygen atoms in total. The maximum Gasteiger partial charge on any atom is 0.273 e. The smallest absolute Gasteiger partial charge is 0.273 e. The molecule has 3 aromatic carbocycles. The lowest BCUT2D eigenvalue weighted by atomic mass is 9.94. The summed E-state index contributed by atoms with van der Waals surface area (Å²) in [6, 6.07) is 21.8. The lowest BCUT2D eigenvalue weighted by molar-refractivity contribution is 0.0730.